The molecule has 0 amide bonds. The molecule has 0 radical (unpaired) electrons. The van der Waals surface area contributed by atoms with Gasteiger partial charge in [0.1, 0.15) is 10.7 Å². The maximum Gasteiger partial charge on any atom is 0.246 e. The molecule has 1 fully saturated rings. The Labute approximate surface area is 119 Å². The fourth-order valence-electron chi connectivity index (χ4n) is 2.85. The summed E-state index contributed by atoms with van der Waals surface area (Å²) in [5.41, 5.74) is 6.57. The Morgan fingerprint density at radius 3 is 2.35 bits per heavy atom. The van der Waals surface area contributed by atoms with Gasteiger partial charge in [0.2, 0.25) is 10.0 Å². The number of aryl methyl sites for hydroxylation is 1. The second-order valence-electron chi connectivity index (χ2n) is 5.60. The highest BCUT2D eigenvalue weighted by molar-refractivity contribution is 7.89. The second-order valence-corrected chi connectivity index (χ2v) is 7.41. The lowest BCUT2D eigenvalue weighted by molar-refractivity contribution is 0.203. The SMILES string of the molecule is Cc1cc(F)c(S(=O)(=O)N2[C@H](C)CCC[C@@H]2C)cc1N. The lowest BCUT2D eigenvalue weighted by Crippen LogP contribution is -2.47. The number of hydrogen-bond acceptors (Lipinski definition) is 3. The monoisotopic (exact) mass is 300 g/mol. The van der Waals surface area contributed by atoms with Gasteiger partial charge in [0, 0.05) is 17.8 Å². The van der Waals surface area contributed by atoms with Crippen molar-refractivity contribution >= 4 is 15.7 Å². The number of nitrogen functional groups attached to an aromatic ring is 1. The number of nitrogens with two attached hydrogens (primary N) is 1. The van der Waals surface area contributed by atoms with Crippen LogP contribution in [0.25, 0.3) is 0 Å². The molecule has 0 aromatic heterocycles. The maximum absolute atomic E-state index is 14.1. The summed E-state index contributed by atoms with van der Waals surface area (Å²) in [6.45, 7) is 5.38. The lowest BCUT2D eigenvalue weighted by Gasteiger charge is -2.37. The van der Waals surface area contributed by atoms with Crippen LogP contribution in [0.1, 0.15) is 38.7 Å². The first-order chi connectivity index (χ1) is 9.25. The van der Waals surface area contributed by atoms with Gasteiger partial charge in [-0.05, 0) is 51.3 Å². The smallest absolute Gasteiger partial charge is 0.246 e. The van der Waals surface area contributed by atoms with Crippen molar-refractivity contribution in [2.75, 3.05) is 5.73 Å². The van der Waals surface area contributed by atoms with Crippen LogP contribution in [0.3, 0.4) is 0 Å². The molecule has 2 rings (SSSR count). The van der Waals surface area contributed by atoms with Crippen molar-refractivity contribution < 1.29 is 12.8 Å². The van der Waals surface area contributed by atoms with Crippen molar-refractivity contribution in [3.63, 3.8) is 0 Å². The van der Waals surface area contributed by atoms with Crippen LogP contribution in [0.5, 0.6) is 0 Å². The Hall–Kier alpha value is -1.14. The average molecular weight is 300 g/mol. The topological polar surface area (TPSA) is 63.4 Å². The van der Waals surface area contributed by atoms with E-state index in [1.54, 1.807) is 6.92 Å². The molecule has 1 aliphatic rings. The Kier molecular flexibility index (Phi) is 4.07. The fourth-order valence-corrected chi connectivity index (χ4v) is 4.82. The molecule has 1 aliphatic heterocycles. The van der Waals surface area contributed by atoms with E-state index in [9.17, 15) is 12.8 Å². The number of sulfonamides is 1. The quantitative estimate of drug-likeness (QED) is 0.854. The predicted octanol–water partition coefficient (Wildman–Crippen LogP) is 2.67. The highest BCUT2D eigenvalue weighted by Crippen LogP contribution is 2.32. The molecule has 20 heavy (non-hydrogen) atoms. The van der Waals surface area contributed by atoms with Crippen LogP contribution in [0.2, 0.25) is 0 Å². The minimum atomic E-state index is -3.85. The molecule has 6 heteroatoms. The molecule has 2 N–H and O–H groups in total. The summed E-state index contributed by atoms with van der Waals surface area (Å²) in [4.78, 5) is -0.318. The standard InChI is InChI=1S/C14H21FN2O2S/c1-9-7-12(15)14(8-13(9)16)20(18,19)17-10(2)5-4-6-11(17)3/h7-8,10-11H,4-6,16H2,1-3H3/t10-,11+. The minimum Gasteiger partial charge on any atom is -0.398 e. The molecular formula is C14H21FN2O2S. The van der Waals surface area contributed by atoms with Crippen molar-refractivity contribution in [2.24, 2.45) is 0 Å². The van der Waals surface area contributed by atoms with Crippen LogP contribution in [0.4, 0.5) is 10.1 Å². The third-order valence-corrected chi connectivity index (χ3v) is 6.13. The summed E-state index contributed by atoms with van der Waals surface area (Å²) in [7, 11) is -3.85. The van der Waals surface area contributed by atoms with Crippen LogP contribution in [0.15, 0.2) is 17.0 Å². The first kappa shape index (κ1) is 15.3. The van der Waals surface area contributed by atoms with Gasteiger partial charge in [0.15, 0.2) is 0 Å². The van der Waals surface area contributed by atoms with Crippen LogP contribution in [0, 0.1) is 12.7 Å². The third-order valence-electron chi connectivity index (χ3n) is 3.99. The Morgan fingerprint density at radius 1 is 1.25 bits per heavy atom. The molecular weight excluding hydrogens is 279 g/mol. The molecule has 0 spiro atoms. The highest BCUT2D eigenvalue weighted by atomic mass is 32.2. The van der Waals surface area contributed by atoms with Crippen molar-refractivity contribution in [3.8, 4) is 0 Å². The van der Waals surface area contributed by atoms with E-state index in [0.29, 0.717) is 11.3 Å². The van der Waals surface area contributed by atoms with E-state index in [1.165, 1.54) is 16.4 Å². The van der Waals surface area contributed by atoms with E-state index >= 15 is 0 Å². The molecule has 0 saturated carbocycles. The number of anilines is 1. The zero-order valence-corrected chi connectivity index (χ0v) is 12.9. The van der Waals surface area contributed by atoms with Gasteiger partial charge in [0.05, 0.1) is 0 Å². The van der Waals surface area contributed by atoms with Crippen LogP contribution in [-0.4, -0.2) is 24.8 Å². The van der Waals surface area contributed by atoms with E-state index in [4.69, 9.17) is 5.73 Å². The predicted molar refractivity (Wildman–Crippen MR) is 77.3 cm³/mol. The molecule has 0 aliphatic carbocycles. The molecule has 1 aromatic carbocycles. The molecule has 0 bridgehead atoms. The Balaban J connectivity index is 2.52. The number of halogens is 1. The van der Waals surface area contributed by atoms with Gasteiger partial charge in [-0.25, -0.2) is 12.8 Å². The van der Waals surface area contributed by atoms with Gasteiger partial charge < -0.3 is 5.73 Å². The average Bonchev–Trinajstić information content (AvgIpc) is 2.33. The summed E-state index contributed by atoms with van der Waals surface area (Å²) >= 11 is 0. The largest absolute Gasteiger partial charge is 0.398 e. The lowest BCUT2D eigenvalue weighted by atomic mass is 10.0. The molecule has 2 atom stereocenters. The molecule has 1 saturated heterocycles. The van der Waals surface area contributed by atoms with Gasteiger partial charge in [0.25, 0.3) is 0 Å². The van der Waals surface area contributed by atoms with Crippen LogP contribution in [-0.2, 0) is 10.0 Å². The van der Waals surface area contributed by atoms with Crippen LogP contribution >= 0.6 is 0 Å². The van der Waals surface area contributed by atoms with Crippen LogP contribution < -0.4 is 5.73 Å². The summed E-state index contributed by atoms with van der Waals surface area (Å²) in [6.07, 6.45) is 2.59. The van der Waals surface area contributed by atoms with Gasteiger partial charge in [-0.3, -0.25) is 0 Å². The van der Waals surface area contributed by atoms with E-state index in [-0.39, 0.29) is 17.0 Å². The van der Waals surface area contributed by atoms with Gasteiger partial charge in [-0.2, -0.15) is 4.31 Å². The number of nitrogens with zero attached hydrogens (tertiary/aromatic N) is 1. The van der Waals surface area contributed by atoms with Gasteiger partial charge in [-0.1, -0.05) is 6.42 Å². The zero-order valence-electron chi connectivity index (χ0n) is 12.1. The molecule has 0 unspecified atom stereocenters. The number of rotatable bonds is 2. The highest BCUT2D eigenvalue weighted by Gasteiger charge is 2.37. The summed E-state index contributed by atoms with van der Waals surface area (Å²) in [5.74, 6) is -0.735. The first-order valence-corrected chi connectivity index (χ1v) is 8.28. The molecule has 1 aromatic rings. The molecule has 112 valence electrons. The van der Waals surface area contributed by atoms with E-state index in [0.717, 1.165) is 19.3 Å². The zero-order chi connectivity index (χ0) is 15.1. The number of piperidine rings is 1. The minimum absolute atomic E-state index is 0.120. The van der Waals surface area contributed by atoms with Crippen molar-refractivity contribution in [3.05, 3.63) is 23.5 Å². The van der Waals surface area contributed by atoms with Crippen molar-refractivity contribution in [1.29, 1.82) is 0 Å². The van der Waals surface area contributed by atoms with E-state index in [2.05, 4.69) is 0 Å². The Morgan fingerprint density at radius 2 is 1.80 bits per heavy atom. The molecule has 1 heterocycles. The summed E-state index contributed by atoms with van der Waals surface area (Å²) < 4.78 is 40.9. The van der Waals surface area contributed by atoms with Crippen molar-refractivity contribution in [2.45, 2.75) is 57.0 Å². The number of benzene rings is 1. The maximum atomic E-state index is 14.1. The fraction of sp³-hybridized carbons (Fsp3) is 0.571. The summed E-state index contributed by atoms with van der Waals surface area (Å²) in [6, 6.07) is 2.17. The molecule has 4 nitrogen and oxygen atoms in total. The third kappa shape index (κ3) is 2.54. The second kappa shape index (κ2) is 5.33. The van der Waals surface area contributed by atoms with E-state index in [1.807, 2.05) is 13.8 Å². The van der Waals surface area contributed by atoms with Gasteiger partial charge >= 0.3 is 0 Å². The number of hydrogen-bond donors (Lipinski definition) is 1. The first-order valence-electron chi connectivity index (χ1n) is 6.84. The summed E-state index contributed by atoms with van der Waals surface area (Å²) in [5, 5.41) is 0. The van der Waals surface area contributed by atoms with Gasteiger partial charge in [-0.15, -0.1) is 0 Å². The normalized spacial score (nSPS) is 24.8. The van der Waals surface area contributed by atoms with Crippen molar-refractivity contribution in [1.82, 2.24) is 4.31 Å². The Bertz CT molecular complexity index is 606. The van der Waals surface area contributed by atoms with E-state index < -0.39 is 15.8 Å².